The summed E-state index contributed by atoms with van der Waals surface area (Å²) in [5.41, 5.74) is 0. The normalized spacial score (nSPS) is 7.38. The van der Waals surface area contributed by atoms with Gasteiger partial charge in [-0.2, -0.15) is 0 Å². The molecule has 32 valence electrons. The largest absolute Gasteiger partial charge is 1.00 e. The Bertz CT molecular complexity index is 57.4. The van der Waals surface area contributed by atoms with Gasteiger partial charge in [-0.05, 0) is 0 Å². The predicted molar refractivity (Wildman–Crippen MR) is 6.44 cm³/mol. The van der Waals surface area contributed by atoms with Crippen molar-refractivity contribution >= 4 is 14.5 Å². The van der Waals surface area contributed by atoms with Gasteiger partial charge < -0.3 is 0 Å². The van der Waals surface area contributed by atoms with E-state index in [0.717, 1.165) is 0 Å². The van der Waals surface area contributed by atoms with Crippen molar-refractivity contribution in [3.05, 3.63) is 0 Å². The molecule has 8 heteroatoms. The van der Waals surface area contributed by atoms with E-state index in [2.05, 4.69) is 0 Å². The van der Waals surface area contributed by atoms with Crippen LogP contribution in [0, 0.1) is 0 Å². The van der Waals surface area contributed by atoms with Crippen LogP contribution in [0.3, 0.4) is 0 Å². The van der Waals surface area contributed by atoms with Gasteiger partial charge in [-0.3, -0.25) is 0 Å². The first kappa shape index (κ1) is 23.5. The van der Waals surface area contributed by atoms with Gasteiger partial charge in [-0.25, -0.2) is 0 Å². The number of rotatable bonds is 0. The zero-order valence-electron chi connectivity index (χ0n) is 5.08. The van der Waals surface area contributed by atoms with Crippen LogP contribution in [0.2, 0.25) is 0 Å². The molecule has 0 rings (SSSR count). The molecule has 8 heavy (non-hydrogen) atoms. The molecule has 0 spiro atoms. The van der Waals surface area contributed by atoms with Crippen LogP contribution >= 0.6 is 0 Å². The molecule has 0 bridgehead atoms. The van der Waals surface area contributed by atoms with Gasteiger partial charge in [0, 0.05) is 0 Å². The standard InChI is InChI=1S/AsH3O4.3Rb/c2-1(3,4)5;;;/h(H3,2,3,4,5);;;/q;3*+1/p-3. The van der Waals surface area contributed by atoms with Gasteiger partial charge in [0.1, 0.15) is 0 Å². The Kier molecular flexibility index (Phi) is 37.1. The third-order valence-electron chi connectivity index (χ3n) is 0. The Labute approximate surface area is 197 Å². The first-order valence-corrected chi connectivity index (χ1v) is 3.79. The average molecular weight is 395 g/mol. The van der Waals surface area contributed by atoms with Crippen LogP contribution in [0.15, 0.2) is 0 Å². The van der Waals surface area contributed by atoms with Crippen LogP contribution in [0.25, 0.3) is 0 Å². The summed E-state index contributed by atoms with van der Waals surface area (Å²) in [7, 11) is 0. The maximum absolute atomic E-state index is 8.61. The van der Waals surface area contributed by atoms with Gasteiger partial charge in [-0.15, -0.1) is 0 Å². The Morgan fingerprint density at radius 1 is 0.875 bits per heavy atom. The van der Waals surface area contributed by atoms with Gasteiger partial charge in [0.25, 0.3) is 0 Å². The molecule has 0 aliphatic heterocycles. The summed E-state index contributed by atoms with van der Waals surface area (Å²) in [4.78, 5) is 0. The summed E-state index contributed by atoms with van der Waals surface area (Å²) >= 11 is -5.88. The van der Waals surface area contributed by atoms with Crippen molar-refractivity contribution in [1.29, 1.82) is 0 Å². The van der Waals surface area contributed by atoms with Gasteiger partial charge >= 0.3 is 205 Å². The van der Waals surface area contributed by atoms with Gasteiger partial charge in [-0.1, -0.05) is 0 Å². The molecule has 0 amide bonds. The summed E-state index contributed by atoms with van der Waals surface area (Å²) in [5, 5.41) is 0. The Morgan fingerprint density at radius 2 is 0.875 bits per heavy atom. The maximum atomic E-state index is 8.61. The summed E-state index contributed by atoms with van der Waals surface area (Å²) in [6.07, 6.45) is 0. The molecule has 0 saturated heterocycles. The Morgan fingerprint density at radius 3 is 0.875 bits per heavy atom. The predicted octanol–water partition coefficient (Wildman–Crippen LogP) is -13.1. The van der Waals surface area contributed by atoms with Crippen LogP contribution in [0.5, 0.6) is 0 Å². The minimum atomic E-state index is -5.88. The first-order chi connectivity index (χ1) is 2.00. The van der Waals surface area contributed by atoms with Crippen molar-refractivity contribution in [3.8, 4) is 0 Å². The molecule has 0 unspecified atom stereocenters. The van der Waals surface area contributed by atoms with Gasteiger partial charge in [0.15, 0.2) is 0 Å². The molecule has 0 N–H and O–H groups in total. The molecule has 0 saturated carbocycles. The molecule has 0 heterocycles. The quantitative estimate of drug-likeness (QED) is 0.381. The molecule has 0 atom stereocenters. The van der Waals surface area contributed by atoms with E-state index < -0.39 is 14.5 Å². The van der Waals surface area contributed by atoms with Gasteiger partial charge in [0.05, 0.1) is 0 Å². The molecule has 0 fully saturated rings. The first-order valence-electron chi connectivity index (χ1n) is 0.730. The smallest absolute Gasteiger partial charge is 1.00 e. The van der Waals surface area contributed by atoms with E-state index in [1.54, 1.807) is 0 Å². The van der Waals surface area contributed by atoms with E-state index in [4.69, 9.17) is 16.0 Å². The van der Waals surface area contributed by atoms with Crippen molar-refractivity contribution in [2.75, 3.05) is 0 Å². The fourth-order valence-electron chi connectivity index (χ4n) is 0. The molecule has 0 aliphatic rings. The van der Waals surface area contributed by atoms with Gasteiger partial charge in [0.2, 0.25) is 0 Å². The molecule has 0 aromatic rings. The zero-order chi connectivity index (χ0) is 4.50. The summed E-state index contributed by atoms with van der Waals surface area (Å²) in [6, 6.07) is 0. The molecular formula is AsO4Rb3. The van der Waals surface area contributed by atoms with Crippen LogP contribution < -0.4 is 187 Å². The maximum Gasteiger partial charge on any atom is 1.00 e. The van der Waals surface area contributed by atoms with E-state index in [1.165, 1.54) is 0 Å². The minimum absolute atomic E-state index is 0. The summed E-state index contributed by atoms with van der Waals surface area (Å²) in [5.74, 6) is 0. The van der Waals surface area contributed by atoms with Crippen molar-refractivity contribution in [3.63, 3.8) is 0 Å². The van der Waals surface area contributed by atoms with Crippen molar-refractivity contribution in [1.82, 2.24) is 0 Å². The van der Waals surface area contributed by atoms with E-state index in [-0.39, 0.29) is 175 Å². The second-order valence-electron chi connectivity index (χ2n) is 0.447. The monoisotopic (exact) mass is 394 g/mol. The Balaban J connectivity index is -0.0000000267. The molecule has 0 radical (unpaired) electrons. The fraction of sp³-hybridized carbons (Fsp3) is 0. The third kappa shape index (κ3) is 41.4. The number of hydrogen-bond acceptors (Lipinski definition) is 4. The van der Waals surface area contributed by atoms with Crippen molar-refractivity contribution in [2.45, 2.75) is 0 Å². The van der Waals surface area contributed by atoms with E-state index in [1.807, 2.05) is 0 Å². The van der Waals surface area contributed by atoms with E-state index >= 15 is 0 Å². The SMILES string of the molecule is O=[As]([O-])([O-])[O-].[Rb+].[Rb+].[Rb+]. The Hall–Kier alpha value is 5.65. The number of hydrogen-bond donors (Lipinski definition) is 0. The molecule has 0 aliphatic carbocycles. The topological polar surface area (TPSA) is 86.2 Å². The molecular weight excluding hydrogens is 395 g/mol. The van der Waals surface area contributed by atoms with Crippen molar-refractivity contribution in [2.24, 2.45) is 0 Å². The molecule has 0 aromatic heterocycles. The average Bonchev–Trinajstić information content (AvgIpc) is 0.722. The van der Waals surface area contributed by atoms with Crippen LogP contribution in [-0.2, 0) is 3.74 Å². The second kappa shape index (κ2) is 12.7. The summed E-state index contributed by atoms with van der Waals surface area (Å²) < 4.78 is 34.4. The minimum Gasteiger partial charge on any atom is 1.00 e. The summed E-state index contributed by atoms with van der Waals surface area (Å²) in [6.45, 7) is 0. The zero-order valence-corrected chi connectivity index (χ0v) is 21.7. The molecule has 4 nitrogen and oxygen atoms in total. The van der Waals surface area contributed by atoms with Crippen LogP contribution in [0.4, 0.5) is 0 Å². The second-order valence-corrected chi connectivity index (χ2v) is 2.32. The fourth-order valence-corrected chi connectivity index (χ4v) is 0. The van der Waals surface area contributed by atoms with E-state index in [0.29, 0.717) is 0 Å². The van der Waals surface area contributed by atoms with E-state index in [9.17, 15) is 0 Å². The van der Waals surface area contributed by atoms with Crippen LogP contribution in [-0.4, -0.2) is 14.5 Å². The van der Waals surface area contributed by atoms with Crippen molar-refractivity contribution < 1.29 is 191 Å². The third-order valence-corrected chi connectivity index (χ3v) is 0. The molecule has 0 aromatic carbocycles. The van der Waals surface area contributed by atoms with Crippen LogP contribution in [0.1, 0.15) is 0 Å².